The number of aromatic nitrogens is 2. The van der Waals surface area contributed by atoms with Gasteiger partial charge in [-0.25, -0.2) is 9.97 Å². The van der Waals surface area contributed by atoms with Gasteiger partial charge >= 0.3 is 0 Å². The summed E-state index contributed by atoms with van der Waals surface area (Å²) in [5.41, 5.74) is 7.35. The third-order valence-corrected chi connectivity index (χ3v) is 2.49. The van der Waals surface area contributed by atoms with Crippen molar-refractivity contribution in [1.29, 1.82) is 0 Å². The van der Waals surface area contributed by atoms with Crippen molar-refractivity contribution in [2.24, 2.45) is 4.99 Å². The van der Waals surface area contributed by atoms with Crippen molar-refractivity contribution in [3.8, 4) is 0 Å². The first-order chi connectivity index (χ1) is 5.66. The SMILES string of the molecule is C/N=C(/I)c1c(C)ncnc1N. The lowest BCUT2D eigenvalue weighted by Gasteiger charge is -2.03. The Morgan fingerprint density at radius 3 is 2.75 bits per heavy atom. The summed E-state index contributed by atoms with van der Waals surface area (Å²) >= 11 is 2.11. The molecule has 0 saturated carbocycles. The van der Waals surface area contributed by atoms with E-state index in [9.17, 15) is 0 Å². The molecule has 1 rings (SSSR count). The second-order valence-electron chi connectivity index (χ2n) is 2.23. The molecule has 1 heterocycles. The molecule has 1 aromatic heterocycles. The quantitative estimate of drug-likeness (QED) is 0.618. The maximum atomic E-state index is 5.66. The molecule has 0 unspecified atom stereocenters. The maximum absolute atomic E-state index is 5.66. The van der Waals surface area contributed by atoms with Crippen LogP contribution < -0.4 is 5.73 Å². The van der Waals surface area contributed by atoms with E-state index in [0.717, 1.165) is 15.0 Å². The third-order valence-electron chi connectivity index (χ3n) is 1.47. The summed E-state index contributed by atoms with van der Waals surface area (Å²) in [6.07, 6.45) is 1.45. The van der Waals surface area contributed by atoms with Crippen LogP contribution in [0.5, 0.6) is 0 Å². The number of halogens is 1. The van der Waals surface area contributed by atoms with Crippen LogP contribution in [-0.2, 0) is 0 Å². The molecule has 0 aliphatic heterocycles. The van der Waals surface area contributed by atoms with E-state index in [1.165, 1.54) is 6.33 Å². The number of anilines is 1. The first-order valence-corrected chi connectivity index (χ1v) is 4.44. The minimum absolute atomic E-state index is 0.484. The van der Waals surface area contributed by atoms with Crippen molar-refractivity contribution >= 4 is 32.1 Å². The smallest absolute Gasteiger partial charge is 0.137 e. The van der Waals surface area contributed by atoms with Gasteiger partial charge in [-0.05, 0) is 29.5 Å². The normalized spacial score (nSPS) is 11.8. The van der Waals surface area contributed by atoms with Gasteiger partial charge in [0.05, 0.1) is 11.3 Å². The molecule has 0 atom stereocenters. The lowest BCUT2D eigenvalue weighted by Crippen LogP contribution is -2.05. The molecule has 1 aromatic rings. The number of aliphatic imine (C=N–C) groups is 1. The van der Waals surface area contributed by atoms with Crippen LogP contribution in [0.2, 0.25) is 0 Å². The van der Waals surface area contributed by atoms with Crippen LogP contribution in [-0.4, -0.2) is 20.7 Å². The van der Waals surface area contributed by atoms with Crippen LogP contribution in [0.4, 0.5) is 5.82 Å². The number of hydrogen-bond acceptors (Lipinski definition) is 4. The summed E-state index contributed by atoms with van der Waals surface area (Å²) in [4.78, 5) is 11.9. The van der Waals surface area contributed by atoms with E-state index in [4.69, 9.17) is 5.73 Å². The molecule has 5 heteroatoms. The van der Waals surface area contributed by atoms with Gasteiger partial charge < -0.3 is 5.73 Å². The molecular formula is C7H9IN4. The maximum Gasteiger partial charge on any atom is 0.137 e. The zero-order valence-electron chi connectivity index (χ0n) is 6.87. The van der Waals surface area contributed by atoms with Crippen LogP contribution in [0.3, 0.4) is 0 Å². The van der Waals surface area contributed by atoms with E-state index in [1.807, 2.05) is 6.92 Å². The number of nitrogen functional groups attached to an aromatic ring is 1. The van der Waals surface area contributed by atoms with Crippen molar-refractivity contribution in [3.05, 3.63) is 17.6 Å². The van der Waals surface area contributed by atoms with E-state index in [1.54, 1.807) is 7.05 Å². The molecule has 64 valence electrons. The molecule has 2 N–H and O–H groups in total. The van der Waals surface area contributed by atoms with Crippen LogP contribution in [0.25, 0.3) is 0 Å². The summed E-state index contributed by atoms with van der Waals surface area (Å²) in [5, 5.41) is 0. The average Bonchev–Trinajstić information content (AvgIpc) is 2.03. The predicted octanol–water partition coefficient (Wildman–Crippen LogP) is 1.18. The topological polar surface area (TPSA) is 64.2 Å². The van der Waals surface area contributed by atoms with Crippen molar-refractivity contribution in [2.45, 2.75) is 6.92 Å². The Morgan fingerprint density at radius 2 is 2.25 bits per heavy atom. The van der Waals surface area contributed by atoms with Crippen LogP contribution in [0, 0.1) is 6.92 Å². The van der Waals surface area contributed by atoms with E-state index in [0.29, 0.717) is 5.82 Å². The Balaban J connectivity index is 3.31. The van der Waals surface area contributed by atoms with Gasteiger partial charge in [0, 0.05) is 7.05 Å². The van der Waals surface area contributed by atoms with Crippen molar-refractivity contribution in [2.75, 3.05) is 12.8 Å². The monoisotopic (exact) mass is 276 g/mol. The van der Waals surface area contributed by atoms with Gasteiger partial charge in [0.25, 0.3) is 0 Å². The lowest BCUT2D eigenvalue weighted by atomic mass is 10.2. The largest absolute Gasteiger partial charge is 0.383 e. The Bertz CT molecular complexity index is 301. The van der Waals surface area contributed by atoms with Crippen LogP contribution in [0.1, 0.15) is 11.3 Å². The highest BCUT2D eigenvalue weighted by molar-refractivity contribution is 14.1. The van der Waals surface area contributed by atoms with Crippen molar-refractivity contribution in [1.82, 2.24) is 9.97 Å². The highest BCUT2D eigenvalue weighted by Gasteiger charge is 2.08. The number of rotatable bonds is 1. The van der Waals surface area contributed by atoms with E-state index in [2.05, 4.69) is 37.6 Å². The zero-order valence-corrected chi connectivity index (χ0v) is 9.03. The Labute approximate surface area is 84.5 Å². The van der Waals surface area contributed by atoms with E-state index < -0.39 is 0 Å². The van der Waals surface area contributed by atoms with Crippen LogP contribution >= 0.6 is 22.6 Å². The first-order valence-electron chi connectivity index (χ1n) is 3.36. The molecule has 0 aromatic carbocycles. The number of nitrogens with zero attached hydrogens (tertiary/aromatic N) is 3. The molecule has 4 nitrogen and oxygen atoms in total. The third kappa shape index (κ3) is 1.71. The Morgan fingerprint density at radius 1 is 1.58 bits per heavy atom. The fourth-order valence-electron chi connectivity index (χ4n) is 0.859. The Kier molecular flexibility index (Phi) is 2.96. The second-order valence-corrected chi connectivity index (χ2v) is 3.26. The van der Waals surface area contributed by atoms with Gasteiger partial charge in [-0.15, -0.1) is 0 Å². The fraction of sp³-hybridized carbons (Fsp3) is 0.286. The highest BCUT2D eigenvalue weighted by atomic mass is 127. The molecule has 0 amide bonds. The minimum atomic E-state index is 0.484. The summed E-state index contributed by atoms with van der Waals surface area (Å²) in [6, 6.07) is 0. The minimum Gasteiger partial charge on any atom is -0.383 e. The standard InChI is InChI=1S/C7H9IN4/c1-4-5(6(8)10-2)7(9)12-3-11-4/h3H,1-2H3,(H2,9,11,12)/b10-6+. The molecule has 0 bridgehead atoms. The molecule has 0 aliphatic rings. The lowest BCUT2D eigenvalue weighted by molar-refractivity contribution is 1.10. The molecule has 0 fully saturated rings. The van der Waals surface area contributed by atoms with Gasteiger partial charge in [0.2, 0.25) is 0 Å². The van der Waals surface area contributed by atoms with Gasteiger partial charge in [0.1, 0.15) is 15.9 Å². The summed E-state index contributed by atoms with van der Waals surface area (Å²) in [7, 11) is 1.72. The average molecular weight is 276 g/mol. The van der Waals surface area contributed by atoms with Gasteiger partial charge in [-0.2, -0.15) is 0 Å². The predicted molar refractivity (Wildman–Crippen MR) is 57.7 cm³/mol. The van der Waals surface area contributed by atoms with Gasteiger partial charge in [-0.3, -0.25) is 4.99 Å². The second kappa shape index (κ2) is 3.79. The highest BCUT2D eigenvalue weighted by Crippen LogP contribution is 2.15. The summed E-state index contributed by atoms with van der Waals surface area (Å²) in [5.74, 6) is 0.484. The molecular weight excluding hydrogens is 267 g/mol. The van der Waals surface area contributed by atoms with Gasteiger partial charge in [-0.1, -0.05) is 0 Å². The molecule has 0 radical (unpaired) electrons. The molecule has 0 aliphatic carbocycles. The summed E-state index contributed by atoms with van der Waals surface area (Å²) < 4.78 is 0.836. The number of aryl methyl sites for hydroxylation is 1. The fourth-order valence-corrected chi connectivity index (χ4v) is 1.53. The Hall–Kier alpha value is -0.720. The van der Waals surface area contributed by atoms with Crippen molar-refractivity contribution in [3.63, 3.8) is 0 Å². The zero-order chi connectivity index (χ0) is 9.14. The first kappa shape index (κ1) is 9.37. The number of nitrogens with two attached hydrogens (primary N) is 1. The molecule has 0 saturated heterocycles. The van der Waals surface area contributed by atoms with E-state index >= 15 is 0 Å². The number of hydrogen-bond donors (Lipinski definition) is 1. The summed E-state index contributed by atoms with van der Waals surface area (Å²) in [6.45, 7) is 1.89. The molecule has 0 spiro atoms. The van der Waals surface area contributed by atoms with E-state index in [-0.39, 0.29) is 0 Å². The van der Waals surface area contributed by atoms with Crippen LogP contribution in [0.15, 0.2) is 11.3 Å². The molecule has 12 heavy (non-hydrogen) atoms. The van der Waals surface area contributed by atoms with Crippen molar-refractivity contribution < 1.29 is 0 Å². The van der Waals surface area contributed by atoms with Gasteiger partial charge in [0.15, 0.2) is 0 Å².